The molecule has 15 heavy (non-hydrogen) atoms. The van der Waals surface area contributed by atoms with E-state index in [2.05, 4.69) is 4.98 Å². The van der Waals surface area contributed by atoms with E-state index in [1.54, 1.807) is 6.20 Å². The molecule has 0 fully saturated rings. The normalized spacial score (nSPS) is 13.0. The third-order valence-corrected chi connectivity index (χ3v) is 2.37. The van der Waals surface area contributed by atoms with Gasteiger partial charge in [0.2, 0.25) is 0 Å². The minimum absolute atomic E-state index is 0.313. The van der Waals surface area contributed by atoms with Crippen LogP contribution < -0.4 is 0 Å². The quantitative estimate of drug-likeness (QED) is 0.689. The number of aromatic nitrogens is 2. The van der Waals surface area contributed by atoms with Crippen LogP contribution in [-0.4, -0.2) is 34.0 Å². The molecule has 86 valence electrons. The molecule has 0 aliphatic rings. The number of nitrogens with zero attached hydrogens (tertiary/aromatic N) is 2. The molecule has 0 spiro atoms. The highest BCUT2D eigenvalue weighted by Crippen LogP contribution is 2.05. The van der Waals surface area contributed by atoms with Crippen molar-refractivity contribution in [3.63, 3.8) is 0 Å². The van der Waals surface area contributed by atoms with Crippen molar-refractivity contribution in [2.45, 2.75) is 32.3 Å². The van der Waals surface area contributed by atoms with Crippen molar-refractivity contribution < 1.29 is 9.84 Å². The second kappa shape index (κ2) is 6.58. The first-order chi connectivity index (χ1) is 7.24. The molecule has 1 N–H and O–H groups in total. The highest BCUT2D eigenvalue weighted by molar-refractivity contribution is 4.92. The van der Waals surface area contributed by atoms with Gasteiger partial charge in [-0.15, -0.1) is 0 Å². The predicted octanol–water partition coefficient (Wildman–Crippen LogP) is 1.14. The Hall–Kier alpha value is -0.870. The van der Waals surface area contributed by atoms with E-state index in [0.717, 1.165) is 31.9 Å². The molecule has 0 aromatic carbocycles. The Balaban J connectivity index is 2.18. The third-order valence-electron chi connectivity index (χ3n) is 2.37. The van der Waals surface area contributed by atoms with Gasteiger partial charge in [0.05, 0.1) is 6.10 Å². The molecule has 1 heterocycles. The fourth-order valence-electron chi connectivity index (χ4n) is 1.47. The topological polar surface area (TPSA) is 47.3 Å². The van der Waals surface area contributed by atoms with Crippen molar-refractivity contribution in [3.8, 4) is 0 Å². The van der Waals surface area contributed by atoms with Gasteiger partial charge in [-0.2, -0.15) is 0 Å². The molecule has 0 radical (unpaired) electrons. The summed E-state index contributed by atoms with van der Waals surface area (Å²) in [5, 5.41) is 9.74. The minimum atomic E-state index is -0.313. The summed E-state index contributed by atoms with van der Waals surface area (Å²) in [6.45, 7) is 3.45. The molecule has 1 aromatic heterocycles. The van der Waals surface area contributed by atoms with Crippen molar-refractivity contribution >= 4 is 0 Å². The number of aliphatic hydroxyl groups excluding tert-OH is 1. The lowest BCUT2D eigenvalue weighted by molar-refractivity contribution is 0.113. The van der Waals surface area contributed by atoms with Gasteiger partial charge in [0.15, 0.2) is 0 Å². The highest BCUT2D eigenvalue weighted by Gasteiger charge is 2.08. The summed E-state index contributed by atoms with van der Waals surface area (Å²) in [5.41, 5.74) is 0. The zero-order chi connectivity index (χ0) is 11.1. The average Bonchev–Trinajstić information content (AvgIpc) is 2.59. The Labute approximate surface area is 90.9 Å². The molecule has 1 aromatic rings. The monoisotopic (exact) mass is 212 g/mol. The SMILES string of the molecule is CCOCCCC(O)Cc1nccn1C. The third kappa shape index (κ3) is 4.44. The van der Waals surface area contributed by atoms with E-state index in [9.17, 15) is 5.11 Å². The Morgan fingerprint density at radius 1 is 1.60 bits per heavy atom. The van der Waals surface area contributed by atoms with Crippen LogP contribution in [-0.2, 0) is 18.2 Å². The van der Waals surface area contributed by atoms with E-state index in [1.807, 2.05) is 24.7 Å². The molecule has 1 rings (SSSR count). The first-order valence-corrected chi connectivity index (χ1v) is 5.46. The van der Waals surface area contributed by atoms with Crippen molar-refractivity contribution in [3.05, 3.63) is 18.2 Å². The number of aryl methyl sites for hydroxylation is 1. The fraction of sp³-hybridized carbons (Fsp3) is 0.727. The van der Waals surface area contributed by atoms with Crippen LogP contribution in [0.3, 0.4) is 0 Å². The number of imidazole rings is 1. The van der Waals surface area contributed by atoms with Crippen LogP contribution in [0.25, 0.3) is 0 Å². The molecule has 0 aliphatic heterocycles. The largest absolute Gasteiger partial charge is 0.393 e. The number of rotatable bonds is 7. The lowest BCUT2D eigenvalue weighted by Crippen LogP contribution is -2.14. The van der Waals surface area contributed by atoms with Crippen LogP contribution in [0.1, 0.15) is 25.6 Å². The second-order valence-electron chi connectivity index (χ2n) is 3.65. The maximum atomic E-state index is 9.74. The molecule has 4 nitrogen and oxygen atoms in total. The highest BCUT2D eigenvalue weighted by atomic mass is 16.5. The van der Waals surface area contributed by atoms with Crippen molar-refractivity contribution in [1.29, 1.82) is 0 Å². The van der Waals surface area contributed by atoms with Gasteiger partial charge in [-0.25, -0.2) is 4.98 Å². The Kier molecular flexibility index (Phi) is 5.36. The first-order valence-electron chi connectivity index (χ1n) is 5.46. The summed E-state index contributed by atoms with van der Waals surface area (Å²) in [5.74, 6) is 0.930. The number of ether oxygens (including phenoxy) is 1. The lowest BCUT2D eigenvalue weighted by Gasteiger charge is -2.10. The van der Waals surface area contributed by atoms with Gasteiger partial charge in [-0.1, -0.05) is 0 Å². The summed E-state index contributed by atoms with van der Waals surface area (Å²) in [6, 6.07) is 0. The maximum absolute atomic E-state index is 9.74. The van der Waals surface area contributed by atoms with Gasteiger partial charge in [0.1, 0.15) is 5.82 Å². The molecule has 0 saturated heterocycles. The molecule has 0 saturated carbocycles. The van der Waals surface area contributed by atoms with E-state index >= 15 is 0 Å². The minimum Gasteiger partial charge on any atom is -0.393 e. The first kappa shape index (κ1) is 12.2. The van der Waals surface area contributed by atoms with Crippen LogP contribution >= 0.6 is 0 Å². The summed E-state index contributed by atoms with van der Waals surface area (Å²) >= 11 is 0. The van der Waals surface area contributed by atoms with Gasteiger partial charge in [-0.05, 0) is 19.8 Å². The molecule has 0 amide bonds. The zero-order valence-electron chi connectivity index (χ0n) is 9.52. The molecule has 1 unspecified atom stereocenters. The molecule has 4 heteroatoms. The van der Waals surface area contributed by atoms with Crippen molar-refractivity contribution in [2.24, 2.45) is 7.05 Å². The van der Waals surface area contributed by atoms with Crippen molar-refractivity contribution in [2.75, 3.05) is 13.2 Å². The molecular formula is C11H20N2O2. The number of hydrogen-bond donors (Lipinski definition) is 1. The predicted molar refractivity (Wildman–Crippen MR) is 58.6 cm³/mol. The molecule has 0 aliphatic carbocycles. The zero-order valence-corrected chi connectivity index (χ0v) is 9.52. The Bertz CT molecular complexity index is 273. The smallest absolute Gasteiger partial charge is 0.110 e. The average molecular weight is 212 g/mol. The Morgan fingerprint density at radius 2 is 2.40 bits per heavy atom. The van der Waals surface area contributed by atoms with Gasteiger partial charge in [-0.3, -0.25) is 0 Å². The number of aliphatic hydroxyl groups is 1. The summed E-state index contributed by atoms with van der Waals surface area (Å²) in [7, 11) is 1.94. The van der Waals surface area contributed by atoms with Crippen LogP contribution in [0.15, 0.2) is 12.4 Å². The van der Waals surface area contributed by atoms with Gasteiger partial charge in [0, 0.05) is 39.1 Å². The van der Waals surface area contributed by atoms with Crippen LogP contribution in [0.5, 0.6) is 0 Å². The van der Waals surface area contributed by atoms with Crippen LogP contribution in [0.4, 0.5) is 0 Å². The van der Waals surface area contributed by atoms with E-state index in [-0.39, 0.29) is 6.10 Å². The van der Waals surface area contributed by atoms with E-state index < -0.39 is 0 Å². The standard InChI is InChI=1S/C11H20N2O2/c1-3-15-8-4-5-10(14)9-11-12-6-7-13(11)2/h6-7,10,14H,3-5,8-9H2,1-2H3. The van der Waals surface area contributed by atoms with E-state index in [1.165, 1.54) is 0 Å². The van der Waals surface area contributed by atoms with E-state index in [4.69, 9.17) is 4.74 Å². The van der Waals surface area contributed by atoms with Crippen LogP contribution in [0.2, 0.25) is 0 Å². The van der Waals surface area contributed by atoms with Gasteiger partial charge < -0.3 is 14.4 Å². The molecule has 0 bridgehead atoms. The fourth-order valence-corrected chi connectivity index (χ4v) is 1.47. The van der Waals surface area contributed by atoms with Crippen molar-refractivity contribution in [1.82, 2.24) is 9.55 Å². The molecular weight excluding hydrogens is 192 g/mol. The second-order valence-corrected chi connectivity index (χ2v) is 3.65. The van der Waals surface area contributed by atoms with Gasteiger partial charge in [0.25, 0.3) is 0 Å². The Morgan fingerprint density at radius 3 is 3.00 bits per heavy atom. The van der Waals surface area contributed by atoms with Gasteiger partial charge >= 0.3 is 0 Å². The summed E-state index contributed by atoms with van der Waals surface area (Å²) in [6.07, 6.45) is 5.62. The van der Waals surface area contributed by atoms with E-state index in [0.29, 0.717) is 6.42 Å². The summed E-state index contributed by atoms with van der Waals surface area (Å²) in [4.78, 5) is 4.17. The maximum Gasteiger partial charge on any atom is 0.110 e. The molecule has 1 atom stereocenters. The number of hydrogen-bond acceptors (Lipinski definition) is 3. The van der Waals surface area contributed by atoms with Crippen LogP contribution in [0, 0.1) is 0 Å². The summed E-state index contributed by atoms with van der Waals surface area (Å²) < 4.78 is 7.15. The lowest BCUT2D eigenvalue weighted by atomic mass is 10.1.